The van der Waals surface area contributed by atoms with Crippen LogP contribution in [0, 0.1) is 10.1 Å². The van der Waals surface area contributed by atoms with Gasteiger partial charge in [-0.25, -0.2) is 19.9 Å². The smallest absolute Gasteiger partial charge is 0.311 e. The number of amides is 2. The number of hydrogen-bond acceptors (Lipinski definition) is 11. The molecule has 2 amide bonds. The van der Waals surface area contributed by atoms with Crippen LogP contribution in [0.15, 0.2) is 36.5 Å². The maximum absolute atomic E-state index is 12.5. The Balaban J connectivity index is 1.54. The van der Waals surface area contributed by atoms with Crippen LogP contribution in [0.5, 0.6) is 0 Å². The van der Waals surface area contributed by atoms with Crippen molar-refractivity contribution < 1.29 is 14.5 Å². The summed E-state index contributed by atoms with van der Waals surface area (Å²) in [4.78, 5) is 49.0. The molecule has 3 aromatic rings. The van der Waals surface area contributed by atoms with Crippen molar-refractivity contribution in [1.29, 1.82) is 0 Å². The fourth-order valence-electron chi connectivity index (χ4n) is 3.43. The van der Waals surface area contributed by atoms with E-state index in [4.69, 9.17) is 28.9 Å². The van der Waals surface area contributed by atoms with Gasteiger partial charge < -0.3 is 16.4 Å². The van der Waals surface area contributed by atoms with Crippen molar-refractivity contribution in [2.75, 3.05) is 47.4 Å². The van der Waals surface area contributed by atoms with Crippen LogP contribution in [0.2, 0.25) is 10.0 Å². The third kappa shape index (κ3) is 5.43. The van der Waals surface area contributed by atoms with Gasteiger partial charge in [0, 0.05) is 29.7 Å². The predicted octanol–water partition coefficient (Wildman–Crippen LogP) is 2.32. The van der Waals surface area contributed by atoms with E-state index < -0.39 is 16.7 Å². The molecule has 1 aliphatic rings. The van der Waals surface area contributed by atoms with Crippen LogP contribution >= 0.6 is 23.2 Å². The summed E-state index contributed by atoms with van der Waals surface area (Å²) in [6.45, 7) is 0.664. The van der Waals surface area contributed by atoms with Crippen molar-refractivity contribution in [3.63, 3.8) is 0 Å². The third-order valence-electron chi connectivity index (χ3n) is 5.06. The van der Waals surface area contributed by atoms with Gasteiger partial charge in [-0.1, -0.05) is 23.2 Å². The van der Waals surface area contributed by atoms with Crippen LogP contribution in [-0.2, 0) is 9.59 Å². The van der Waals surface area contributed by atoms with E-state index >= 15 is 0 Å². The number of piperazine rings is 1. The van der Waals surface area contributed by atoms with E-state index in [0.717, 1.165) is 4.90 Å². The lowest BCUT2D eigenvalue weighted by atomic mass is 10.1. The molecule has 0 aliphatic carbocycles. The minimum atomic E-state index is -0.610. The number of carbonyl (C=O) groups is 2. The van der Waals surface area contributed by atoms with Gasteiger partial charge in [-0.15, -0.1) is 0 Å². The summed E-state index contributed by atoms with van der Waals surface area (Å²) >= 11 is 12.4. The lowest BCUT2D eigenvalue weighted by molar-refractivity contribution is -0.384. The highest BCUT2D eigenvalue weighted by Crippen LogP contribution is 2.36. The van der Waals surface area contributed by atoms with Crippen molar-refractivity contribution in [1.82, 2.24) is 20.3 Å². The molecule has 36 heavy (non-hydrogen) atoms. The molecule has 0 spiro atoms. The number of nitrogens with one attached hydrogen (secondary N) is 3. The number of aromatic nitrogens is 3. The molecule has 5 N–H and O–H groups in total. The first-order valence-electron chi connectivity index (χ1n) is 10.5. The van der Waals surface area contributed by atoms with Crippen molar-refractivity contribution >= 4 is 64.0 Å². The number of anilines is 4. The summed E-state index contributed by atoms with van der Waals surface area (Å²) in [6, 6.07) is 7.51. The Morgan fingerprint density at radius 3 is 2.47 bits per heavy atom. The molecule has 3 heterocycles. The Morgan fingerprint density at radius 1 is 1.08 bits per heavy atom. The molecular weight excluding hydrogens is 513 g/mol. The quantitative estimate of drug-likeness (QED) is 0.145. The summed E-state index contributed by atoms with van der Waals surface area (Å²) in [6.07, 6.45) is 1.38. The van der Waals surface area contributed by atoms with E-state index in [9.17, 15) is 19.7 Å². The highest BCUT2D eigenvalue weighted by Gasteiger charge is 2.31. The Kier molecular flexibility index (Phi) is 7.43. The maximum atomic E-state index is 12.5. The number of pyridine rings is 1. The second kappa shape index (κ2) is 10.7. The molecule has 1 saturated heterocycles. The van der Waals surface area contributed by atoms with Crippen molar-refractivity contribution in [3.05, 3.63) is 56.7 Å². The monoisotopic (exact) mass is 531 g/mol. The Labute approximate surface area is 214 Å². The third-order valence-corrected chi connectivity index (χ3v) is 5.61. The summed E-state index contributed by atoms with van der Waals surface area (Å²) in [7, 11) is 0. The van der Waals surface area contributed by atoms with Gasteiger partial charge >= 0.3 is 5.69 Å². The van der Waals surface area contributed by atoms with E-state index in [2.05, 4.69) is 30.9 Å². The maximum Gasteiger partial charge on any atom is 0.311 e. The number of nitrogen functional groups attached to an aromatic ring is 1. The van der Waals surface area contributed by atoms with Crippen molar-refractivity contribution in [2.45, 2.75) is 0 Å². The predicted molar refractivity (Wildman–Crippen MR) is 135 cm³/mol. The minimum absolute atomic E-state index is 0.00755. The molecule has 1 aliphatic heterocycles. The van der Waals surface area contributed by atoms with Crippen LogP contribution in [0.3, 0.4) is 0 Å². The van der Waals surface area contributed by atoms with Crippen LogP contribution in [0.25, 0.3) is 11.3 Å². The number of benzene rings is 1. The number of imide groups is 1. The first-order chi connectivity index (χ1) is 17.2. The Hall–Kier alpha value is -4.07. The lowest BCUT2D eigenvalue weighted by Crippen LogP contribution is -2.52. The number of nitrogens with zero attached hydrogens (tertiary/aromatic N) is 5. The van der Waals surface area contributed by atoms with E-state index in [-0.39, 0.29) is 46.9 Å². The van der Waals surface area contributed by atoms with Gasteiger partial charge in [0.15, 0.2) is 0 Å². The van der Waals surface area contributed by atoms with E-state index in [1.54, 1.807) is 12.1 Å². The van der Waals surface area contributed by atoms with Crippen LogP contribution in [0.1, 0.15) is 0 Å². The van der Waals surface area contributed by atoms with Gasteiger partial charge in [0.05, 0.1) is 34.9 Å². The molecule has 15 heteroatoms. The number of nitrogens with two attached hydrogens (primary N) is 1. The number of rotatable bonds is 8. The number of nitro groups is 1. The SMILES string of the molecule is Nc1nc(NCCNc2ncc(N3C(=O)CNCC3=O)c(-c3ccc(Cl)cc3Cl)n2)ccc1[N+](=O)[O-]. The molecule has 0 radical (unpaired) electrons. The van der Waals surface area contributed by atoms with Gasteiger partial charge in [-0.05, 0) is 24.3 Å². The molecule has 186 valence electrons. The van der Waals surface area contributed by atoms with Gasteiger partial charge in [0.2, 0.25) is 23.6 Å². The fourth-order valence-corrected chi connectivity index (χ4v) is 3.93. The van der Waals surface area contributed by atoms with Crippen LogP contribution in [-0.4, -0.2) is 57.9 Å². The van der Waals surface area contributed by atoms with Gasteiger partial charge in [0.1, 0.15) is 11.5 Å². The zero-order chi connectivity index (χ0) is 25.8. The highest BCUT2D eigenvalue weighted by molar-refractivity contribution is 6.36. The fraction of sp³-hybridized carbons (Fsp3) is 0.190. The number of halogens is 2. The van der Waals surface area contributed by atoms with E-state index in [1.165, 1.54) is 24.4 Å². The van der Waals surface area contributed by atoms with E-state index in [0.29, 0.717) is 29.5 Å². The summed E-state index contributed by atoms with van der Waals surface area (Å²) in [5, 5.41) is 20.3. The topological polar surface area (TPSA) is 181 Å². The molecule has 1 fully saturated rings. The second-order valence-electron chi connectivity index (χ2n) is 7.49. The molecule has 0 saturated carbocycles. The standard InChI is InChI=1S/C21H19Cl2N9O4/c22-11-1-2-12(13(23)7-11)19-15(31-17(33)9-25-10-18(31)34)8-28-21(30-19)27-6-5-26-16-4-3-14(32(35)36)20(24)29-16/h1-4,7-8,25H,5-6,9-10H2,(H3,24,26,29)(H,27,28,30). The molecule has 4 rings (SSSR count). The normalized spacial score (nSPS) is 13.6. The second-order valence-corrected chi connectivity index (χ2v) is 8.33. The summed E-state index contributed by atoms with van der Waals surface area (Å²) < 4.78 is 0. The first-order valence-corrected chi connectivity index (χ1v) is 11.3. The van der Waals surface area contributed by atoms with Gasteiger partial charge in [-0.2, -0.15) is 0 Å². The molecule has 0 atom stereocenters. The molecule has 0 unspecified atom stereocenters. The van der Waals surface area contributed by atoms with Crippen molar-refractivity contribution in [2.24, 2.45) is 0 Å². The Morgan fingerprint density at radius 2 is 1.81 bits per heavy atom. The van der Waals surface area contributed by atoms with E-state index in [1.807, 2.05) is 0 Å². The van der Waals surface area contributed by atoms with Gasteiger partial charge in [-0.3, -0.25) is 25.0 Å². The average molecular weight is 532 g/mol. The highest BCUT2D eigenvalue weighted by atomic mass is 35.5. The molecule has 13 nitrogen and oxygen atoms in total. The molecular formula is C21H19Cl2N9O4. The average Bonchev–Trinajstić information content (AvgIpc) is 2.82. The molecule has 0 bridgehead atoms. The van der Waals surface area contributed by atoms with Crippen molar-refractivity contribution in [3.8, 4) is 11.3 Å². The number of hydrogen-bond donors (Lipinski definition) is 4. The Bertz CT molecular complexity index is 1340. The van der Waals surface area contributed by atoms with Crippen LogP contribution in [0.4, 0.5) is 29.0 Å². The lowest BCUT2D eigenvalue weighted by Gasteiger charge is -2.27. The summed E-state index contributed by atoms with van der Waals surface area (Å²) in [5.41, 5.74) is 6.26. The zero-order valence-corrected chi connectivity index (χ0v) is 20.0. The van der Waals surface area contributed by atoms with Gasteiger partial charge in [0.25, 0.3) is 0 Å². The minimum Gasteiger partial charge on any atom is -0.378 e. The molecule has 2 aromatic heterocycles. The van der Waals surface area contributed by atoms with Crippen LogP contribution < -0.4 is 26.6 Å². The summed E-state index contributed by atoms with van der Waals surface area (Å²) in [5.74, 6) is -0.506. The number of carbonyl (C=O) groups excluding carboxylic acids is 2. The zero-order valence-electron chi connectivity index (χ0n) is 18.5. The molecule has 1 aromatic carbocycles. The first kappa shape index (κ1) is 25.0. The largest absolute Gasteiger partial charge is 0.378 e.